The van der Waals surface area contributed by atoms with Crippen LogP contribution in [0.15, 0.2) is 36.5 Å². The van der Waals surface area contributed by atoms with E-state index >= 15 is 0 Å². The number of sulfone groups is 1. The van der Waals surface area contributed by atoms with E-state index in [1.54, 1.807) is 6.20 Å². The van der Waals surface area contributed by atoms with Crippen LogP contribution in [0.3, 0.4) is 0 Å². The molecule has 2 N–H and O–H groups in total. The Morgan fingerprint density at radius 3 is 2.52 bits per heavy atom. The number of piperidine rings is 1. The minimum absolute atomic E-state index is 0. The van der Waals surface area contributed by atoms with Crippen LogP contribution < -0.4 is 10.6 Å². The maximum Gasteiger partial charge on any atom is 0.241 e. The van der Waals surface area contributed by atoms with Gasteiger partial charge in [0.1, 0.15) is 0 Å². The molecule has 1 saturated heterocycles. The van der Waals surface area contributed by atoms with E-state index in [1.165, 1.54) is 0 Å². The number of carbonyl (C=O) groups is 1. The van der Waals surface area contributed by atoms with Crippen LogP contribution in [0.2, 0.25) is 0 Å². The van der Waals surface area contributed by atoms with Crippen LogP contribution >= 0.6 is 24.8 Å². The highest BCUT2D eigenvalue weighted by Gasteiger charge is 2.48. The summed E-state index contributed by atoms with van der Waals surface area (Å²) in [4.78, 5) is 17.1. The average Bonchev–Trinajstić information content (AvgIpc) is 2.61. The molecule has 1 aromatic carbocycles. The van der Waals surface area contributed by atoms with Crippen molar-refractivity contribution >= 4 is 51.5 Å². The predicted octanol–water partition coefficient (Wildman–Crippen LogP) is 1.90. The van der Waals surface area contributed by atoms with Crippen molar-refractivity contribution in [1.82, 2.24) is 15.6 Å². The second-order valence-electron chi connectivity index (χ2n) is 6.51. The number of hydrogen-bond donors (Lipinski definition) is 2. The molecular weight excluding hydrogens is 409 g/mol. The van der Waals surface area contributed by atoms with Crippen molar-refractivity contribution in [1.29, 1.82) is 0 Å². The van der Waals surface area contributed by atoms with Gasteiger partial charge in [0.15, 0.2) is 14.6 Å². The zero-order valence-electron chi connectivity index (χ0n) is 15.1. The maximum atomic E-state index is 12.7. The first-order valence-corrected chi connectivity index (χ1v) is 10.3. The lowest BCUT2D eigenvalue weighted by atomic mass is 9.95. The monoisotopic (exact) mass is 433 g/mol. The fraction of sp³-hybridized carbons (Fsp3) is 0.444. The number of para-hydroxylation sites is 1. The maximum absolute atomic E-state index is 12.7. The van der Waals surface area contributed by atoms with Gasteiger partial charge in [-0.25, -0.2) is 8.42 Å². The van der Waals surface area contributed by atoms with Gasteiger partial charge >= 0.3 is 0 Å². The first-order valence-electron chi connectivity index (χ1n) is 8.45. The van der Waals surface area contributed by atoms with Crippen molar-refractivity contribution in [3.05, 3.63) is 42.1 Å². The molecule has 0 aliphatic carbocycles. The molecule has 0 saturated carbocycles. The summed E-state index contributed by atoms with van der Waals surface area (Å²) in [5, 5.41) is 7.01. The SMILES string of the molecule is CS(=O)(=O)C1(C(=O)NCCc2cccc3cccnc23)CCNCC1.Cl.Cl. The molecule has 0 radical (unpaired) electrons. The molecule has 6 nitrogen and oxygen atoms in total. The van der Waals surface area contributed by atoms with Crippen molar-refractivity contribution in [2.45, 2.75) is 24.0 Å². The van der Waals surface area contributed by atoms with Crippen molar-refractivity contribution in [2.75, 3.05) is 25.9 Å². The molecule has 2 aromatic rings. The molecule has 0 atom stereocenters. The number of fused-ring (bicyclic) bond motifs is 1. The zero-order chi connectivity index (χ0) is 17.9. The molecule has 3 rings (SSSR count). The van der Waals surface area contributed by atoms with Crippen molar-refractivity contribution in [3.8, 4) is 0 Å². The Balaban J connectivity index is 0.00000182. The van der Waals surface area contributed by atoms with Gasteiger partial charge in [0, 0.05) is 24.4 Å². The van der Waals surface area contributed by atoms with Crippen LogP contribution in [-0.4, -0.2) is 49.9 Å². The summed E-state index contributed by atoms with van der Waals surface area (Å²) >= 11 is 0. The number of nitrogens with one attached hydrogen (secondary N) is 2. The molecule has 2 heterocycles. The summed E-state index contributed by atoms with van der Waals surface area (Å²) in [6.07, 6.45) is 4.14. The summed E-state index contributed by atoms with van der Waals surface area (Å²) in [6.45, 7) is 1.46. The van der Waals surface area contributed by atoms with Crippen molar-refractivity contribution in [2.24, 2.45) is 0 Å². The highest BCUT2D eigenvalue weighted by Crippen LogP contribution is 2.28. The molecule has 9 heteroatoms. The third-order valence-electron chi connectivity index (χ3n) is 4.93. The highest BCUT2D eigenvalue weighted by molar-refractivity contribution is 7.92. The Bertz CT molecular complexity index is 879. The molecule has 27 heavy (non-hydrogen) atoms. The van der Waals surface area contributed by atoms with E-state index in [2.05, 4.69) is 15.6 Å². The third kappa shape index (κ3) is 4.90. The molecule has 0 spiro atoms. The summed E-state index contributed by atoms with van der Waals surface area (Å²) in [5.41, 5.74) is 1.95. The van der Waals surface area contributed by atoms with Crippen LogP contribution in [0, 0.1) is 0 Å². The Morgan fingerprint density at radius 2 is 1.85 bits per heavy atom. The number of carbonyl (C=O) groups excluding carboxylic acids is 1. The van der Waals surface area contributed by atoms with Crippen LogP contribution in [0.4, 0.5) is 0 Å². The zero-order valence-corrected chi connectivity index (χ0v) is 17.6. The van der Waals surface area contributed by atoms with E-state index in [0.717, 1.165) is 22.7 Å². The lowest BCUT2D eigenvalue weighted by molar-refractivity contribution is -0.124. The molecule has 1 aromatic heterocycles. The van der Waals surface area contributed by atoms with Gasteiger partial charge in [0.2, 0.25) is 5.91 Å². The lowest BCUT2D eigenvalue weighted by Crippen LogP contribution is -2.57. The van der Waals surface area contributed by atoms with E-state index in [9.17, 15) is 13.2 Å². The normalized spacial score (nSPS) is 16.0. The number of halogens is 2. The minimum Gasteiger partial charge on any atom is -0.354 e. The average molecular weight is 434 g/mol. The summed E-state index contributed by atoms with van der Waals surface area (Å²) in [6, 6.07) is 9.83. The predicted molar refractivity (Wildman–Crippen MR) is 113 cm³/mol. The van der Waals surface area contributed by atoms with Gasteiger partial charge in [0.25, 0.3) is 0 Å². The molecule has 150 valence electrons. The summed E-state index contributed by atoms with van der Waals surface area (Å²) in [7, 11) is -3.48. The van der Waals surface area contributed by atoms with Crippen molar-refractivity contribution < 1.29 is 13.2 Å². The number of pyridine rings is 1. The Kier molecular flexibility index (Phi) is 8.48. The molecule has 1 aliphatic heterocycles. The fourth-order valence-electron chi connectivity index (χ4n) is 3.44. The van der Waals surface area contributed by atoms with E-state index < -0.39 is 14.6 Å². The summed E-state index contributed by atoms with van der Waals surface area (Å²) in [5.74, 6) is -0.385. The van der Waals surface area contributed by atoms with E-state index in [0.29, 0.717) is 38.9 Å². The van der Waals surface area contributed by atoms with E-state index in [4.69, 9.17) is 0 Å². The Morgan fingerprint density at radius 1 is 1.19 bits per heavy atom. The second-order valence-corrected chi connectivity index (χ2v) is 8.84. The lowest BCUT2D eigenvalue weighted by Gasteiger charge is -2.34. The van der Waals surface area contributed by atoms with Gasteiger partial charge < -0.3 is 10.6 Å². The van der Waals surface area contributed by atoms with E-state index in [-0.39, 0.29) is 30.7 Å². The largest absolute Gasteiger partial charge is 0.354 e. The van der Waals surface area contributed by atoms with Crippen LogP contribution in [0.25, 0.3) is 10.9 Å². The van der Waals surface area contributed by atoms with Gasteiger partial charge in [-0.2, -0.15) is 0 Å². The first kappa shape index (κ1) is 23.6. The summed E-state index contributed by atoms with van der Waals surface area (Å²) < 4.78 is 23.2. The van der Waals surface area contributed by atoms with Gasteiger partial charge in [-0.3, -0.25) is 9.78 Å². The Hall–Kier alpha value is -1.41. The number of nitrogens with zero attached hydrogens (tertiary/aromatic N) is 1. The Labute approximate surface area is 172 Å². The number of amides is 1. The van der Waals surface area contributed by atoms with Gasteiger partial charge in [-0.05, 0) is 44.0 Å². The molecule has 0 bridgehead atoms. The van der Waals surface area contributed by atoms with Gasteiger partial charge in [0.05, 0.1) is 5.52 Å². The number of benzene rings is 1. The standard InChI is InChI=1S/C18H23N3O3S.2ClH/c1-25(23,24)18(8-12-19-13-9-18)17(22)21-11-7-15-5-2-4-14-6-3-10-20-16(14)15;;/h2-6,10,19H,7-9,11-13H2,1H3,(H,21,22);2*1H. The first-order chi connectivity index (χ1) is 11.9. The highest BCUT2D eigenvalue weighted by atomic mass is 35.5. The minimum atomic E-state index is -3.48. The van der Waals surface area contributed by atoms with Crippen LogP contribution in [-0.2, 0) is 21.1 Å². The third-order valence-corrected chi connectivity index (χ3v) is 6.94. The van der Waals surface area contributed by atoms with Crippen LogP contribution in [0.5, 0.6) is 0 Å². The number of aromatic nitrogens is 1. The molecule has 1 aliphatic rings. The molecule has 1 fully saturated rings. The molecule has 0 unspecified atom stereocenters. The van der Waals surface area contributed by atoms with Gasteiger partial charge in [-0.1, -0.05) is 24.3 Å². The molecule has 1 amide bonds. The molecular formula is C18H25Cl2N3O3S. The second kappa shape index (κ2) is 9.68. The quantitative estimate of drug-likeness (QED) is 0.751. The van der Waals surface area contributed by atoms with E-state index in [1.807, 2.05) is 30.3 Å². The number of rotatable bonds is 5. The topological polar surface area (TPSA) is 88.2 Å². The number of hydrogen-bond acceptors (Lipinski definition) is 5. The van der Waals surface area contributed by atoms with Gasteiger partial charge in [-0.15, -0.1) is 24.8 Å². The van der Waals surface area contributed by atoms with Crippen LogP contribution in [0.1, 0.15) is 18.4 Å². The van der Waals surface area contributed by atoms with Crippen molar-refractivity contribution in [3.63, 3.8) is 0 Å². The smallest absolute Gasteiger partial charge is 0.241 e. The fourth-order valence-corrected chi connectivity index (χ4v) is 4.79.